The lowest BCUT2D eigenvalue weighted by Gasteiger charge is -2.12. The third-order valence-corrected chi connectivity index (χ3v) is 2.63. The summed E-state index contributed by atoms with van der Waals surface area (Å²) in [6.07, 6.45) is -4.55. The number of halogens is 4. The molecule has 0 saturated heterocycles. The fraction of sp³-hybridized carbons (Fsp3) is 0.300. The maximum absolute atomic E-state index is 12.0. The molecule has 0 N–H and O–H groups in total. The molecule has 0 atom stereocenters. The van der Waals surface area contributed by atoms with Crippen molar-refractivity contribution in [1.82, 2.24) is 0 Å². The van der Waals surface area contributed by atoms with Crippen molar-refractivity contribution in [3.8, 4) is 5.75 Å². The van der Waals surface area contributed by atoms with Crippen molar-refractivity contribution in [3.63, 3.8) is 0 Å². The Bertz CT molecular complexity index is 402. The van der Waals surface area contributed by atoms with E-state index in [0.717, 1.165) is 6.07 Å². The fourth-order valence-electron chi connectivity index (χ4n) is 1.12. The van der Waals surface area contributed by atoms with Crippen molar-refractivity contribution in [3.05, 3.63) is 28.2 Å². The topological polar surface area (TPSA) is 26.3 Å². The summed E-state index contributed by atoms with van der Waals surface area (Å²) in [5.41, 5.74) is 0.184. The van der Waals surface area contributed by atoms with E-state index in [0.29, 0.717) is 0 Å². The molecule has 0 spiro atoms. The van der Waals surface area contributed by atoms with Gasteiger partial charge in [0.05, 0.1) is 4.47 Å². The van der Waals surface area contributed by atoms with Gasteiger partial charge in [-0.05, 0) is 28.1 Å². The van der Waals surface area contributed by atoms with Crippen LogP contribution >= 0.6 is 15.9 Å². The van der Waals surface area contributed by atoms with Gasteiger partial charge in [-0.25, -0.2) is 0 Å². The Kier molecular flexibility index (Phi) is 3.96. The van der Waals surface area contributed by atoms with Crippen molar-refractivity contribution < 1.29 is 22.7 Å². The predicted octanol–water partition coefficient (Wildman–Crippen LogP) is 3.94. The number of ether oxygens (including phenoxy) is 1. The summed E-state index contributed by atoms with van der Waals surface area (Å²) in [6.45, 7) is 1.63. The van der Waals surface area contributed by atoms with E-state index in [1.54, 1.807) is 6.92 Å². The van der Waals surface area contributed by atoms with E-state index in [4.69, 9.17) is 0 Å². The molecule has 0 heterocycles. The molecule has 1 rings (SSSR count). The quantitative estimate of drug-likeness (QED) is 0.790. The second-order valence-electron chi connectivity index (χ2n) is 2.94. The molecule has 0 unspecified atom stereocenters. The van der Waals surface area contributed by atoms with Crippen LogP contribution in [0.2, 0.25) is 0 Å². The minimum absolute atomic E-state index is 0.0270. The molecule has 1 aromatic rings. The van der Waals surface area contributed by atoms with E-state index < -0.39 is 12.1 Å². The van der Waals surface area contributed by atoms with Crippen molar-refractivity contribution in [2.45, 2.75) is 19.7 Å². The van der Waals surface area contributed by atoms with Crippen LogP contribution in [0.4, 0.5) is 13.2 Å². The number of carbonyl (C=O) groups is 1. The molecule has 1 aromatic carbocycles. The summed E-state index contributed by atoms with van der Waals surface area (Å²) in [5.74, 6) is -0.661. The zero-order valence-corrected chi connectivity index (χ0v) is 9.85. The van der Waals surface area contributed by atoms with Crippen LogP contribution in [0.1, 0.15) is 23.7 Å². The van der Waals surface area contributed by atoms with Crippen LogP contribution < -0.4 is 4.74 Å². The normalized spacial score (nSPS) is 11.3. The number of benzene rings is 1. The Morgan fingerprint density at radius 2 is 2.06 bits per heavy atom. The third-order valence-electron chi connectivity index (χ3n) is 1.81. The van der Waals surface area contributed by atoms with Crippen LogP contribution in [0.3, 0.4) is 0 Å². The molecule has 0 fully saturated rings. The number of rotatable bonds is 3. The lowest BCUT2D eigenvalue weighted by molar-refractivity contribution is -0.274. The van der Waals surface area contributed by atoms with E-state index in [1.807, 2.05) is 0 Å². The van der Waals surface area contributed by atoms with E-state index in [2.05, 4.69) is 20.7 Å². The van der Waals surface area contributed by atoms with Gasteiger partial charge in [-0.1, -0.05) is 13.0 Å². The third kappa shape index (κ3) is 3.23. The van der Waals surface area contributed by atoms with Gasteiger partial charge in [0, 0.05) is 12.0 Å². The summed E-state index contributed by atoms with van der Waals surface area (Å²) in [6, 6.07) is 3.93. The Balaban J connectivity index is 3.09. The number of hydrogen-bond donors (Lipinski definition) is 0. The molecule has 0 amide bonds. The first-order valence-electron chi connectivity index (χ1n) is 4.42. The lowest BCUT2D eigenvalue weighted by atomic mass is 10.1. The molecule has 0 saturated carbocycles. The summed E-state index contributed by atoms with van der Waals surface area (Å²) >= 11 is 2.93. The molecule has 16 heavy (non-hydrogen) atoms. The summed E-state index contributed by atoms with van der Waals surface area (Å²) in [4.78, 5) is 11.4. The molecule has 0 aromatic heterocycles. The maximum atomic E-state index is 12.0. The van der Waals surface area contributed by atoms with Gasteiger partial charge in [0.2, 0.25) is 0 Å². The molecule has 0 bridgehead atoms. The first-order chi connectivity index (χ1) is 7.35. The van der Waals surface area contributed by atoms with Gasteiger partial charge in [0.25, 0.3) is 0 Å². The highest BCUT2D eigenvalue weighted by Gasteiger charge is 2.32. The number of carbonyl (C=O) groups excluding carboxylic acids is 1. The predicted molar refractivity (Wildman–Crippen MR) is 55.4 cm³/mol. The lowest BCUT2D eigenvalue weighted by Crippen LogP contribution is -2.17. The van der Waals surface area contributed by atoms with Crippen LogP contribution in [-0.2, 0) is 0 Å². The SMILES string of the molecule is CCC(=O)c1cccc(OC(F)(F)F)c1Br. The number of Topliss-reactive ketones (excluding diaryl/α,β-unsaturated/α-hetero) is 1. The monoisotopic (exact) mass is 296 g/mol. The van der Waals surface area contributed by atoms with Crippen molar-refractivity contribution in [2.75, 3.05) is 0 Å². The molecule has 88 valence electrons. The first-order valence-corrected chi connectivity index (χ1v) is 5.22. The summed E-state index contributed by atoms with van der Waals surface area (Å²) < 4.78 is 39.8. The van der Waals surface area contributed by atoms with Crippen LogP contribution in [0.15, 0.2) is 22.7 Å². The van der Waals surface area contributed by atoms with E-state index in [9.17, 15) is 18.0 Å². The number of ketones is 1. The second-order valence-corrected chi connectivity index (χ2v) is 3.74. The molecule has 6 heteroatoms. The molecule has 0 aliphatic rings. The highest BCUT2D eigenvalue weighted by atomic mass is 79.9. The van der Waals surface area contributed by atoms with Gasteiger partial charge in [0.15, 0.2) is 5.78 Å². The number of alkyl halides is 3. The molecule has 0 radical (unpaired) electrons. The molecule has 0 aliphatic carbocycles. The van der Waals surface area contributed by atoms with Crippen molar-refractivity contribution in [1.29, 1.82) is 0 Å². The van der Waals surface area contributed by atoms with Gasteiger partial charge in [-0.15, -0.1) is 13.2 Å². The highest BCUT2D eigenvalue weighted by Crippen LogP contribution is 2.33. The molecular weight excluding hydrogens is 289 g/mol. The number of hydrogen-bond acceptors (Lipinski definition) is 2. The Morgan fingerprint density at radius 1 is 1.44 bits per heavy atom. The van der Waals surface area contributed by atoms with Crippen LogP contribution in [0, 0.1) is 0 Å². The average Bonchev–Trinajstić information content (AvgIpc) is 2.18. The zero-order chi connectivity index (χ0) is 12.3. The van der Waals surface area contributed by atoms with E-state index >= 15 is 0 Å². The zero-order valence-electron chi connectivity index (χ0n) is 8.27. The van der Waals surface area contributed by atoms with E-state index in [1.165, 1.54) is 12.1 Å². The van der Waals surface area contributed by atoms with Gasteiger partial charge >= 0.3 is 6.36 Å². The Morgan fingerprint density at radius 3 is 2.56 bits per heavy atom. The molecular formula is C10H8BrF3O2. The van der Waals surface area contributed by atoms with Gasteiger partial charge in [0.1, 0.15) is 5.75 Å². The van der Waals surface area contributed by atoms with E-state index in [-0.39, 0.29) is 22.2 Å². The fourth-order valence-corrected chi connectivity index (χ4v) is 1.69. The van der Waals surface area contributed by atoms with Gasteiger partial charge < -0.3 is 4.74 Å². The van der Waals surface area contributed by atoms with Crippen molar-refractivity contribution >= 4 is 21.7 Å². The minimum Gasteiger partial charge on any atom is -0.405 e. The highest BCUT2D eigenvalue weighted by molar-refractivity contribution is 9.10. The average molecular weight is 297 g/mol. The molecule has 2 nitrogen and oxygen atoms in total. The second kappa shape index (κ2) is 4.86. The van der Waals surface area contributed by atoms with Crippen LogP contribution in [-0.4, -0.2) is 12.1 Å². The summed E-state index contributed by atoms with van der Waals surface area (Å²) in [5, 5.41) is 0. The van der Waals surface area contributed by atoms with Gasteiger partial charge in [-0.3, -0.25) is 4.79 Å². The first kappa shape index (κ1) is 13.0. The largest absolute Gasteiger partial charge is 0.573 e. The standard InChI is InChI=1S/C10H8BrF3O2/c1-2-7(15)6-4-3-5-8(9(6)11)16-10(12,13)14/h3-5H,2H2,1H3. The smallest absolute Gasteiger partial charge is 0.405 e. The Labute approximate surface area is 98.5 Å². The maximum Gasteiger partial charge on any atom is 0.573 e. The minimum atomic E-state index is -4.77. The molecule has 0 aliphatic heterocycles. The van der Waals surface area contributed by atoms with Crippen LogP contribution in [0.5, 0.6) is 5.75 Å². The van der Waals surface area contributed by atoms with Crippen molar-refractivity contribution in [2.24, 2.45) is 0 Å². The van der Waals surface area contributed by atoms with Gasteiger partial charge in [-0.2, -0.15) is 0 Å². The van der Waals surface area contributed by atoms with Crippen LogP contribution in [0.25, 0.3) is 0 Å². The Hall–Kier alpha value is -1.04. The summed E-state index contributed by atoms with van der Waals surface area (Å²) in [7, 11) is 0.